The van der Waals surface area contributed by atoms with E-state index in [0.717, 1.165) is 19.3 Å². The maximum Gasteiger partial charge on any atom is 1.00 e. The van der Waals surface area contributed by atoms with Crippen LogP contribution in [0.25, 0.3) is 0 Å². The summed E-state index contributed by atoms with van der Waals surface area (Å²) >= 11 is 0. The Kier molecular flexibility index (Phi) is 25.5. The van der Waals surface area contributed by atoms with E-state index in [1.54, 1.807) is 0 Å². The summed E-state index contributed by atoms with van der Waals surface area (Å²) in [5.41, 5.74) is 0. The minimum absolute atomic E-state index is 0. The first kappa shape index (κ1) is 35.8. The first-order valence-corrected chi connectivity index (χ1v) is 14.2. The summed E-state index contributed by atoms with van der Waals surface area (Å²) in [5, 5.41) is -2.06. The van der Waals surface area contributed by atoms with Gasteiger partial charge in [0.15, 0.2) is 5.25 Å². The van der Waals surface area contributed by atoms with Crippen molar-refractivity contribution in [2.45, 2.75) is 121 Å². The molecular weight excluding hydrogens is 467 g/mol. The standard InChI is InChI=1S/C25H46O7S.Na/c1-3-5-7-8-9-10-11-12-13-14-15-16-17-18-19-21-32-25(27)23(33(28,29)30)22-24(26)31-20-6-4-2;/h4,23H,2-3,5-22H2,1H3,(H,28,29,30);/q;+1/p-1. The number of unbranched alkanes of at least 4 members (excludes halogenated alkanes) is 14. The number of esters is 2. The Labute approximate surface area is 229 Å². The molecule has 0 aromatic rings. The van der Waals surface area contributed by atoms with Gasteiger partial charge in [-0.15, -0.1) is 6.58 Å². The molecule has 0 aliphatic rings. The Bertz CT molecular complexity index is 623. The molecule has 0 aliphatic heterocycles. The maximum absolute atomic E-state index is 12.0. The second kappa shape index (κ2) is 24.3. The molecule has 0 N–H and O–H groups in total. The van der Waals surface area contributed by atoms with Gasteiger partial charge in [0.25, 0.3) is 0 Å². The molecule has 0 aromatic carbocycles. The molecule has 0 fully saturated rings. The van der Waals surface area contributed by atoms with Crippen LogP contribution in [0, 0.1) is 0 Å². The predicted octanol–water partition coefficient (Wildman–Crippen LogP) is 2.83. The number of carbonyl (C=O) groups is 2. The monoisotopic (exact) mass is 512 g/mol. The van der Waals surface area contributed by atoms with Gasteiger partial charge in [-0.1, -0.05) is 103 Å². The molecule has 1 unspecified atom stereocenters. The first-order chi connectivity index (χ1) is 15.8. The Morgan fingerprint density at radius 3 is 1.65 bits per heavy atom. The van der Waals surface area contributed by atoms with Crippen molar-refractivity contribution in [3.8, 4) is 0 Å². The van der Waals surface area contributed by atoms with Crippen LogP contribution in [-0.4, -0.2) is 43.4 Å². The Morgan fingerprint density at radius 2 is 1.24 bits per heavy atom. The molecule has 0 amide bonds. The van der Waals surface area contributed by atoms with Gasteiger partial charge in [-0.05, 0) is 12.8 Å². The van der Waals surface area contributed by atoms with E-state index in [0.29, 0.717) is 12.8 Å². The molecule has 0 aliphatic carbocycles. The van der Waals surface area contributed by atoms with Crippen LogP contribution in [0.3, 0.4) is 0 Å². The van der Waals surface area contributed by atoms with Crippen LogP contribution < -0.4 is 29.6 Å². The van der Waals surface area contributed by atoms with Crippen molar-refractivity contribution >= 4 is 22.1 Å². The van der Waals surface area contributed by atoms with E-state index in [-0.39, 0.29) is 42.8 Å². The van der Waals surface area contributed by atoms with Crippen LogP contribution in [0.5, 0.6) is 0 Å². The summed E-state index contributed by atoms with van der Waals surface area (Å²) in [6.07, 6.45) is 19.2. The van der Waals surface area contributed by atoms with Gasteiger partial charge in [0, 0.05) is 0 Å². The minimum atomic E-state index is -5.01. The van der Waals surface area contributed by atoms with Gasteiger partial charge in [-0.25, -0.2) is 8.42 Å². The van der Waals surface area contributed by atoms with Gasteiger partial charge in [0.05, 0.1) is 19.6 Å². The van der Waals surface area contributed by atoms with Crippen molar-refractivity contribution < 1.29 is 61.6 Å². The molecule has 9 heteroatoms. The fraction of sp³-hybridized carbons (Fsp3) is 0.840. The molecule has 0 bridgehead atoms. The molecule has 0 rings (SSSR count). The number of carbonyl (C=O) groups excluding carboxylic acids is 2. The summed E-state index contributed by atoms with van der Waals surface area (Å²) in [6.45, 7) is 5.76. The van der Waals surface area contributed by atoms with Gasteiger partial charge >= 0.3 is 41.5 Å². The summed E-state index contributed by atoms with van der Waals surface area (Å²) in [5.74, 6) is -2.11. The topological polar surface area (TPSA) is 110 Å². The van der Waals surface area contributed by atoms with E-state index in [9.17, 15) is 22.6 Å². The molecule has 0 aromatic heterocycles. The fourth-order valence-corrected chi connectivity index (χ4v) is 4.15. The average molecular weight is 513 g/mol. The van der Waals surface area contributed by atoms with E-state index in [1.807, 2.05) is 0 Å². The Balaban J connectivity index is 0. The van der Waals surface area contributed by atoms with E-state index < -0.39 is 33.7 Å². The molecule has 0 spiro atoms. The van der Waals surface area contributed by atoms with Crippen LogP contribution in [0.1, 0.15) is 116 Å². The van der Waals surface area contributed by atoms with Gasteiger partial charge in [0.2, 0.25) is 0 Å². The third-order valence-corrected chi connectivity index (χ3v) is 6.60. The molecule has 0 radical (unpaired) electrons. The molecule has 0 saturated carbocycles. The predicted molar refractivity (Wildman–Crippen MR) is 130 cm³/mol. The number of rotatable bonds is 23. The van der Waals surface area contributed by atoms with Gasteiger partial charge in [0.1, 0.15) is 10.1 Å². The van der Waals surface area contributed by atoms with Crippen LogP contribution in [0.4, 0.5) is 0 Å². The van der Waals surface area contributed by atoms with E-state index in [1.165, 1.54) is 76.7 Å². The zero-order valence-corrected chi connectivity index (χ0v) is 24.4. The zero-order chi connectivity index (χ0) is 24.8. The molecule has 1 atom stereocenters. The third kappa shape index (κ3) is 22.1. The van der Waals surface area contributed by atoms with Crippen LogP contribution in [-0.2, 0) is 29.2 Å². The largest absolute Gasteiger partial charge is 1.00 e. The van der Waals surface area contributed by atoms with Gasteiger partial charge in [-0.3, -0.25) is 9.59 Å². The fourth-order valence-electron chi connectivity index (χ4n) is 3.51. The summed E-state index contributed by atoms with van der Waals surface area (Å²) in [4.78, 5) is 23.6. The van der Waals surface area contributed by atoms with Crippen molar-refractivity contribution in [1.82, 2.24) is 0 Å². The van der Waals surface area contributed by atoms with Gasteiger partial charge in [-0.2, -0.15) is 0 Å². The first-order valence-electron chi connectivity index (χ1n) is 12.7. The Hall–Kier alpha value is -0.410. The Morgan fingerprint density at radius 1 is 0.794 bits per heavy atom. The second-order valence-corrected chi connectivity index (χ2v) is 10.2. The number of hydrogen-bond acceptors (Lipinski definition) is 7. The molecule has 0 saturated heterocycles. The second-order valence-electron chi connectivity index (χ2n) is 8.60. The van der Waals surface area contributed by atoms with Crippen molar-refractivity contribution in [2.75, 3.05) is 13.2 Å². The van der Waals surface area contributed by atoms with Crippen LogP contribution in [0.15, 0.2) is 12.7 Å². The zero-order valence-electron chi connectivity index (χ0n) is 21.6. The van der Waals surface area contributed by atoms with Crippen molar-refractivity contribution in [1.29, 1.82) is 0 Å². The van der Waals surface area contributed by atoms with E-state index >= 15 is 0 Å². The molecule has 7 nitrogen and oxygen atoms in total. The molecule has 0 heterocycles. The summed E-state index contributed by atoms with van der Waals surface area (Å²) < 4.78 is 43.7. The van der Waals surface area contributed by atoms with Crippen LogP contribution >= 0.6 is 0 Å². The smallest absolute Gasteiger partial charge is 0.747 e. The van der Waals surface area contributed by atoms with Crippen LogP contribution in [0.2, 0.25) is 0 Å². The van der Waals surface area contributed by atoms with Gasteiger partial charge < -0.3 is 14.0 Å². The minimum Gasteiger partial charge on any atom is -0.747 e. The van der Waals surface area contributed by atoms with E-state index in [4.69, 9.17) is 9.47 Å². The molecular formula is C25H45NaO7S. The summed E-state index contributed by atoms with van der Waals surface area (Å²) in [6, 6.07) is 0. The normalized spacial score (nSPS) is 11.9. The summed E-state index contributed by atoms with van der Waals surface area (Å²) in [7, 11) is -5.01. The van der Waals surface area contributed by atoms with Crippen molar-refractivity contribution in [3.63, 3.8) is 0 Å². The van der Waals surface area contributed by atoms with Crippen molar-refractivity contribution in [3.05, 3.63) is 12.7 Å². The maximum atomic E-state index is 12.0. The SMILES string of the molecule is C=CCCOC(=O)CC(C(=O)OCCCCCCCCCCCCCCCCC)S(=O)(=O)[O-].[Na+]. The third-order valence-electron chi connectivity index (χ3n) is 5.54. The quantitative estimate of drug-likeness (QED) is 0.0681. The average Bonchev–Trinajstić information content (AvgIpc) is 2.76. The van der Waals surface area contributed by atoms with E-state index in [2.05, 4.69) is 13.5 Å². The number of hydrogen-bond donors (Lipinski definition) is 0. The molecule has 34 heavy (non-hydrogen) atoms. The van der Waals surface area contributed by atoms with Crippen molar-refractivity contribution in [2.24, 2.45) is 0 Å². The number of ether oxygens (including phenoxy) is 2. The molecule has 194 valence electrons.